The highest BCUT2D eigenvalue weighted by Gasteiger charge is 2.26. The molecule has 0 fully saturated rings. The van der Waals surface area contributed by atoms with Crippen molar-refractivity contribution >= 4 is 28.2 Å². The van der Waals surface area contributed by atoms with Gasteiger partial charge in [0.2, 0.25) is 5.82 Å². The number of nitrogens with zero attached hydrogens (tertiary/aromatic N) is 3. The van der Waals surface area contributed by atoms with Gasteiger partial charge in [-0.3, -0.25) is 25.8 Å². The Kier molecular flexibility index (Phi) is 5.35. The summed E-state index contributed by atoms with van der Waals surface area (Å²) in [6.45, 7) is 0. The van der Waals surface area contributed by atoms with E-state index in [9.17, 15) is 19.3 Å². The van der Waals surface area contributed by atoms with Crippen LogP contribution < -0.4 is 15.6 Å². The molecule has 0 saturated carbocycles. The Morgan fingerprint density at radius 3 is 2.52 bits per heavy atom. The number of hydrogen-bond donors (Lipinski definition) is 2. The van der Waals surface area contributed by atoms with Crippen molar-refractivity contribution in [2.45, 2.75) is 0 Å². The second-order valence-electron chi connectivity index (χ2n) is 6.30. The number of nitrogens with one attached hydrogen (secondary N) is 2. The van der Waals surface area contributed by atoms with Crippen LogP contribution in [0.25, 0.3) is 10.8 Å². The first-order valence-electron chi connectivity index (χ1n) is 9.00. The Hall–Kier alpha value is -4.60. The van der Waals surface area contributed by atoms with E-state index in [0.717, 1.165) is 29.2 Å². The van der Waals surface area contributed by atoms with E-state index < -0.39 is 22.3 Å². The molecule has 0 bridgehead atoms. The normalized spacial score (nSPS) is 10.5. The maximum atomic E-state index is 13.0. The van der Waals surface area contributed by atoms with Gasteiger partial charge in [-0.05, 0) is 35.7 Å². The molecule has 0 atom stereocenters. The van der Waals surface area contributed by atoms with E-state index in [0.29, 0.717) is 5.75 Å². The number of carbonyl (C=O) groups is 1. The van der Waals surface area contributed by atoms with Crippen molar-refractivity contribution in [3.05, 3.63) is 94.6 Å². The highest BCUT2D eigenvalue weighted by molar-refractivity contribution is 5.95. The van der Waals surface area contributed by atoms with Gasteiger partial charge >= 0.3 is 11.6 Å². The van der Waals surface area contributed by atoms with Gasteiger partial charge in [-0.25, -0.2) is 9.37 Å². The molecule has 1 aromatic heterocycles. The molecule has 0 aliphatic heterocycles. The largest absolute Gasteiger partial charge is 0.433 e. The lowest BCUT2D eigenvalue weighted by Gasteiger charge is -2.11. The number of nitro groups is 1. The number of fused-ring (bicyclic) bond motifs is 1. The zero-order valence-corrected chi connectivity index (χ0v) is 15.8. The Balaban J connectivity index is 1.61. The van der Waals surface area contributed by atoms with E-state index in [1.54, 1.807) is 12.1 Å². The van der Waals surface area contributed by atoms with Crippen LogP contribution in [0.2, 0.25) is 0 Å². The minimum Gasteiger partial charge on any atom is -0.433 e. The minimum atomic E-state index is -0.715. The molecule has 9 nitrogen and oxygen atoms in total. The summed E-state index contributed by atoms with van der Waals surface area (Å²) in [6.07, 6.45) is 1.07. The summed E-state index contributed by atoms with van der Waals surface area (Å²) in [4.78, 5) is 30.9. The molecule has 1 amide bonds. The maximum Gasteiger partial charge on any atom is 0.374 e. The number of benzene rings is 3. The van der Waals surface area contributed by atoms with Crippen molar-refractivity contribution in [1.82, 2.24) is 15.4 Å². The molecule has 1 heterocycles. The summed E-state index contributed by atoms with van der Waals surface area (Å²) in [6, 6.07) is 17.5. The van der Waals surface area contributed by atoms with Crippen molar-refractivity contribution in [2.24, 2.45) is 0 Å². The molecule has 0 radical (unpaired) electrons. The van der Waals surface area contributed by atoms with Gasteiger partial charge < -0.3 is 4.74 Å². The van der Waals surface area contributed by atoms with E-state index in [-0.39, 0.29) is 17.3 Å². The lowest BCUT2D eigenvalue weighted by atomic mass is 10.1. The Labute approximate surface area is 174 Å². The number of hydrogen-bond acceptors (Lipinski definition) is 7. The highest BCUT2D eigenvalue weighted by Crippen LogP contribution is 2.36. The number of hydrazine groups is 1. The van der Waals surface area contributed by atoms with Gasteiger partial charge in [0.1, 0.15) is 17.9 Å². The van der Waals surface area contributed by atoms with E-state index in [2.05, 4.69) is 20.8 Å². The van der Waals surface area contributed by atoms with Crippen LogP contribution in [0.5, 0.6) is 11.6 Å². The van der Waals surface area contributed by atoms with Crippen molar-refractivity contribution in [1.29, 1.82) is 0 Å². The summed E-state index contributed by atoms with van der Waals surface area (Å²) in [5.41, 5.74) is 4.28. The van der Waals surface area contributed by atoms with Crippen molar-refractivity contribution in [2.75, 3.05) is 5.43 Å². The molecule has 3 aromatic carbocycles. The van der Waals surface area contributed by atoms with Gasteiger partial charge in [-0.1, -0.05) is 36.4 Å². The number of halogens is 1. The first kappa shape index (κ1) is 19.7. The number of rotatable bonds is 6. The fourth-order valence-electron chi connectivity index (χ4n) is 2.87. The van der Waals surface area contributed by atoms with Gasteiger partial charge in [-0.15, -0.1) is 0 Å². The fraction of sp³-hybridized carbons (Fsp3) is 0. The van der Waals surface area contributed by atoms with Crippen LogP contribution in [0.4, 0.5) is 15.9 Å². The maximum absolute atomic E-state index is 13.0. The number of amides is 1. The van der Waals surface area contributed by atoms with Gasteiger partial charge in [-0.2, -0.15) is 4.98 Å². The fourth-order valence-corrected chi connectivity index (χ4v) is 2.87. The molecule has 0 aliphatic carbocycles. The monoisotopic (exact) mass is 419 g/mol. The molecular formula is C21H14FN5O4. The summed E-state index contributed by atoms with van der Waals surface area (Å²) in [5, 5.41) is 13.3. The van der Waals surface area contributed by atoms with Crippen molar-refractivity contribution < 1.29 is 18.8 Å². The number of carbonyl (C=O) groups excluding carboxylic acids is 1. The first-order chi connectivity index (χ1) is 15.0. The molecule has 0 aliphatic rings. The lowest BCUT2D eigenvalue weighted by molar-refractivity contribution is -0.385. The van der Waals surface area contributed by atoms with E-state index in [4.69, 9.17) is 4.74 Å². The molecule has 0 saturated heterocycles. The third-order valence-electron chi connectivity index (χ3n) is 4.33. The summed E-state index contributed by atoms with van der Waals surface area (Å²) < 4.78 is 18.8. The van der Waals surface area contributed by atoms with Gasteiger partial charge in [0.25, 0.3) is 5.91 Å². The van der Waals surface area contributed by atoms with E-state index in [1.165, 1.54) is 12.1 Å². The molecule has 154 valence electrons. The standard InChI is InChI=1S/C21H14FN5O4/c22-15-10-8-14(9-11-15)20(28)26-25-19-18(27(29)30)21(24-12-23-19)31-17-7-3-5-13-4-1-2-6-16(13)17/h1-12H,(H,26,28)(H,23,24,25). The zero-order chi connectivity index (χ0) is 21.8. The molecular weight excluding hydrogens is 405 g/mol. The number of ether oxygens (including phenoxy) is 1. The zero-order valence-electron chi connectivity index (χ0n) is 15.8. The van der Waals surface area contributed by atoms with E-state index >= 15 is 0 Å². The number of aromatic nitrogens is 2. The molecule has 0 unspecified atom stereocenters. The summed E-state index contributed by atoms with van der Waals surface area (Å²) >= 11 is 0. The second kappa shape index (κ2) is 8.41. The number of anilines is 1. The van der Waals surface area contributed by atoms with Crippen LogP contribution in [-0.2, 0) is 0 Å². The van der Waals surface area contributed by atoms with Gasteiger partial charge in [0, 0.05) is 10.9 Å². The van der Waals surface area contributed by atoms with Gasteiger partial charge in [0.15, 0.2) is 0 Å². The summed E-state index contributed by atoms with van der Waals surface area (Å²) in [5.74, 6) is -1.32. The van der Waals surface area contributed by atoms with Crippen molar-refractivity contribution in [3.8, 4) is 11.6 Å². The molecule has 4 aromatic rings. The van der Waals surface area contributed by atoms with Crippen LogP contribution in [0.15, 0.2) is 73.1 Å². The summed E-state index contributed by atoms with van der Waals surface area (Å²) in [7, 11) is 0. The molecule has 4 rings (SSSR count). The quantitative estimate of drug-likeness (QED) is 0.355. The first-order valence-corrected chi connectivity index (χ1v) is 9.00. The average Bonchev–Trinajstić information content (AvgIpc) is 2.78. The third kappa shape index (κ3) is 4.22. The van der Waals surface area contributed by atoms with Crippen LogP contribution in [0.3, 0.4) is 0 Å². The Bertz CT molecular complexity index is 1280. The SMILES string of the molecule is O=C(NNc1ncnc(Oc2cccc3ccccc23)c1[N+](=O)[O-])c1ccc(F)cc1. The van der Waals surface area contributed by atoms with Gasteiger partial charge in [0.05, 0.1) is 4.92 Å². The molecule has 2 N–H and O–H groups in total. The minimum absolute atomic E-state index is 0.151. The molecule has 0 spiro atoms. The lowest BCUT2D eigenvalue weighted by Crippen LogP contribution is -2.30. The molecule has 10 heteroatoms. The topological polar surface area (TPSA) is 119 Å². The second-order valence-corrected chi connectivity index (χ2v) is 6.30. The van der Waals surface area contributed by atoms with Crippen molar-refractivity contribution in [3.63, 3.8) is 0 Å². The van der Waals surface area contributed by atoms with Crippen LogP contribution >= 0.6 is 0 Å². The Morgan fingerprint density at radius 1 is 1.00 bits per heavy atom. The van der Waals surface area contributed by atoms with Crippen LogP contribution in [0.1, 0.15) is 10.4 Å². The van der Waals surface area contributed by atoms with Crippen LogP contribution in [-0.4, -0.2) is 20.8 Å². The smallest absolute Gasteiger partial charge is 0.374 e. The average molecular weight is 419 g/mol. The Morgan fingerprint density at radius 2 is 1.74 bits per heavy atom. The highest BCUT2D eigenvalue weighted by atomic mass is 19.1. The predicted octanol–water partition coefficient (Wildman–Crippen LogP) is 4.23. The molecule has 31 heavy (non-hydrogen) atoms. The van der Waals surface area contributed by atoms with E-state index in [1.807, 2.05) is 30.3 Å². The van der Waals surface area contributed by atoms with Crippen LogP contribution in [0, 0.1) is 15.9 Å². The third-order valence-corrected chi connectivity index (χ3v) is 4.33. The predicted molar refractivity (Wildman–Crippen MR) is 110 cm³/mol.